The van der Waals surface area contributed by atoms with Gasteiger partial charge in [-0.05, 0) is 32.6 Å². The molecule has 2 rings (SSSR count). The molecule has 6 heteroatoms. The Labute approximate surface area is 140 Å². The lowest BCUT2D eigenvalue weighted by Crippen LogP contribution is -2.41. The van der Waals surface area contributed by atoms with Crippen LogP contribution in [0.4, 0.5) is 0 Å². The van der Waals surface area contributed by atoms with Gasteiger partial charge < -0.3 is 25.2 Å². The highest BCUT2D eigenvalue weighted by atomic mass is 16.5. The Morgan fingerprint density at radius 3 is 2.83 bits per heavy atom. The van der Waals surface area contributed by atoms with Gasteiger partial charge in [0.05, 0.1) is 24.9 Å². The zero-order chi connectivity index (χ0) is 16.4. The van der Waals surface area contributed by atoms with Crippen LogP contribution in [-0.4, -0.2) is 62.2 Å². The van der Waals surface area contributed by atoms with Crippen molar-refractivity contribution in [3.8, 4) is 0 Å². The van der Waals surface area contributed by atoms with Gasteiger partial charge in [0.15, 0.2) is 5.96 Å². The van der Waals surface area contributed by atoms with Gasteiger partial charge in [0.1, 0.15) is 0 Å². The highest BCUT2D eigenvalue weighted by molar-refractivity contribution is 5.79. The van der Waals surface area contributed by atoms with Crippen molar-refractivity contribution < 1.29 is 14.6 Å². The Bertz CT molecular complexity index is 351. The van der Waals surface area contributed by atoms with Crippen LogP contribution < -0.4 is 10.6 Å². The first kappa shape index (κ1) is 18.5. The maximum Gasteiger partial charge on any atom is 0.191 e. The van der Waals surface area contributed by atoms with Crippen LogP contribution in [0.3, 0.4) is 0 Å². The van der Waals surface area contributed by atoms with E-state index in [9.17, 15) is 5.11 Å². The summed E-state index contributed by atoms with van der Waals surface area (Å²) in [7, 11) is 0. The van der Waals surface area contributed by atoms with Crippen LogP contribution in [0.1, 0.15) is 51.9 Å². The van der Waals surface area contributed by atoms with Gasteiger partial charge in [-0.15, -0.1) is 0 Å². The quantitative estimate of drug-likeness (QED) is 0.357. The molecule has 1 heterocycles. The van der Waals surface area contributed by atoms with E-state index in [1.165, 1.54) is 6.42 Å². The molecule has 0 spiro atoms. The summed E-state index contributed by atoms with van der Waals surface area (Å²) in [6.07, 6.45) is 7.41. The number of rotatable bonds is 8. The van der Waals surface area contributed by atoms with E-state index in [0.717, 1.165) is 77.4 Å². The van der Waals surface area contributed by atoms with Gasteiger partial charge in [0, 0.05) is 26.3 Å². The van der Waals surface area contributed by atoms with E-state index in [4.69, 9.17) is 9.47 Å². The van der Waals surface area contributed by atoms with Crippen LogP contribution in [-0.2, 0) is 9.47 Å². The van der Waals surface area contributed by atoms with Crippen molar-refractivity contribution >= 4 is 5.96 Å². The van der Waals surface area contributed by atoms with Gasteiger partial charge in [0.2, 0.25) is 0 Å². The number of guanidine groups is 1. The monoisotopic (exact) mass is 327 g/mol. The molecule has 0 aromatic carbocycles. The van der Waals surface area contributed by atoms with Crippen molar-refractivity contribution in [2.24, 2.45) is 4.99 Å². The average molecular weight is 327 g/mol. The molecule has 23 heavy (non-hydrogen) atoms. The summed E-state index contributed by atoms with van der Waals surface area (Å²) in [4.78, 5) is 4.57. The van der Waals surface area contributed by atoms with E-state index in [-0.39, 0.29) is 6.10 Å². The minimum atomic E-state index is -0.605. The summed E-state index contributed by atoms with van der Waals surface area (Å²) in [6, 6.07) is 0. The van der Waals surface area contributed by atoms with E-state index in [1.807, 2.05) is 0 Å². The number of aliphatic hydroxyl groups is 1. The van der Waals surface area contributed by atoms with E-state index in [2.05, 4.69) is 22.5 Å². The number of hydrogen-bond acceptors (Lipinski definition) is 4. The summed E-state index contributed by atoms with van der Waals surface area (Å²) in [5.41, 5.74) is -0.605. The summed E-state index contributed by atoms with van der Waals surface area (Å²) < 4.78 is 11.0. The Kier molecular flexibility index (Phi) is 8.12. The van der Waals surface area contributed by atoms with Gasteiger partial charge in [0.25, 0.3) is 0 Å². The topological polar surface area (TPSA) is 75.1 Å². The molecule has 1 saturated heterocycles. The minimum absolute atomic E-state index is 0.275. The normalized spacial score (nSPS) is 24.6. The highest BCUT2D eigenvalue weighted by Crippen LogP contribution is 2.28. The second-order valence-electron chi connectivity index (χ2n) is 6.62. The van der Waals surface area contributed by atoms with Crippen molar-refractivity contribution in [3.63, 3.8) is 0 Å². The largest absolute Gasteiger partial charge is 0.388 e. The predicted octanol–water partition coefficient (Wildman–Crippen LogP) is 1.43. The molecule has 0 bridgehead atoms. The smallest absolute Gasteiger partial charge is 0.191 e. The first-order valence-corrected chi connectivity index (χ1v) is 9.16. The zero-order valence-electron chi connectivity index (χ0n) is 14.5. The van der Waals surface area contributed by atoms with E-state index >= 15 is 0 Å². The fourth-order valence-electron chi connectivity index (χ4n) is 3.11. The maximum atomic E-state index is 10.5. The summed E-state index contributed by atoms with van der Waals surface area (Å²) >= 11 is 0. The van der Waals surface area contributed by atoms with Crippen molar-refractivity contribution in [1.29, 1.82) is 0 Å². The third-order valence-electron chi connectivity index (χ3n) is 4.51. The lowest BCUT2D eigenvalue weighted by atomic mass is 9.85. The molecule has 1 unspecified atom stereocenters. The Balaban J connectivity index is 1.64. The van der Waals surface area contributed by atoms with Gasteiger partial charge in [-0.25, -0.2) is 0 Å². The molecule has 6 nitrogen and oxygen atoms in total. The summed E-state index contributed by atoms with van der Waals surface area (Å²) in [6.45, 7) is 6.47. The Morgan fingerprint density at radius 2 is 2.13 bits per heavy atom. The molecular weight excluding hydrogens is 294 g/mol. The van der Waals surface area contributed by atoms with Gasteiger partial charge in [-0.3, -0.25) is 4.99 Å². The molecule has 0 aromatic rings. The predicted molar refractivity (Wildman–Crippen MR) is 91.8 cm³/mol. The molecule has 1 saturated carbocycles. The van der Waals surface area contributed by atoms with Crippen molar-refractivity contribution in [3.05, 3.63) is 0 Å². The third kappa shape index (κ3) is 7.06. The van der Waals surface area contributed by atoms with Crippen LogP contribution >= 0.6 is 0 Å². The van der Waals surface area contributed by atoms with Gasteiger partial charge >= 0.3 is 0 Å². The van der Waals surface area contributed by atoms with E-state index in [0.29, 0.717) is 6.54 Å². The van der Waals surface area contributed by atoms with Crippen LogP contribution in [0.15, 0.2) is 4.99 Å². The number of nitrogens with one attached hydrogen (secondary N) is 2. The fraction of sp³-hybridized carbons (Fsp3) is 0.941. The molecule has 134 valence electrons. The van der Waals surface area contributed by atoms with Gasteiger partial charge in [-0.2, -0.15) is 0 Å². The van der Waals surface area contributed by atoms with Crippen molar-refractivity contribution in [2.45, 2.75) is 63.6 Å². The molecule has 2 fully saturated rings. The number of aliphatic imine (C=N–C) groups is 1. The van der Waals surface area contributed by atoms with Gasteiger partial charge in [-0.1, -0.05) is 19.3 Å². The van der Waals surface area contributed by atoms with E-state index < -0.39 is 5.60 Å². The maximum absolute atomic E-state index is 10.5. The summed E-state index contributed by atoms with van der Waals surface area (Å²) in [5.74, 6) is 0.788. The first-order chi connectivity index (χ1) is 11.2. The molecule has 0 radical (unpaired) electrons. The SMILES string of the molecule is CCNC(=NCC1(O)CCCCC1)NCCCOC1CCOC1. The molecule has 2 aliphatic rings. The lowest BCUT2D eigenvalue weighted by molar-refractivity contribution is 0.0131. The van der Waals surface area contributed by atoms with Crippen LogP contribution in [0, 0.1) is 0 Å². The van der Waals surface area contributed by atoms with Crippen LogP contribution in [0.5, 0.6) is 0 Å². The minimum Gasteiger partial charge on any atom is -0.388 e. The highest BCUT2D eigenvalue weighted by Gasteiger charge is 2.28. The molecular formula is C17H33N3O3. The number of hydrogen-bond donors (Lipinski definition) is 3. The molecule has 0 aromatic heterocycles. The zero-order valence-corrected chi connectivity index (χ0v) is 14.5. The standard InChI is InChI=1S/C17H33N3O3/c1-2-18-16(20-14-17(21)8-4-3-5-9-17)19-10-6-11-23-15-7-12-22-13-15/h15,21H,2-14H2,1H3,(H2,18,19,20). The first-order valence-electron chi connectivity index (χ1n) is 9.16. The fourth-order valence-corrected chi connectivity index (χ4v) is 3.11. The van der Waals surface area contributed by atoms with Crippen molar-refractivity contribution in [1.82, 2.24) is 10.6 Å². The van der Waals surface area contributed by atoms with E-state index in [1.54, 1.807) is 0 Å². The Hall–Kier alpha value is -0.850. The Morgan fingerprint density at radius 1 is 1.30 bits per heavy atom. The second kappa shape index (κ2) is 10.1. The number of nitrogens with zero attached hydrogens (tertiary/aromatic N) is 1. The summed E-state index contributed by atoms with van der Waals surface area (Å²) in [5, 5.41) is 17.1. The molecule has 1 aliphatic heterocycles. The molecule has 1 aliphatic carbocycles. The average Bonchev–Trinajstić information content (AvgIpc) is 3.06. The second-order valence-corrected chi connectivity index (χ2v) is 6.62. The third-order valence-corrected chi connectivity index (χ3v) is 4.51. The lowest BCUT2D eigenvalue weighted by Gasteiger charge is -2.30. The van der Waals surface area contributed by atoms with Crippen LogP contribution in [0.2, 0.25) is 0 Å². The molecule has 1 atom stereocenters. The number of ether oxygens (including phenoxy) is 2. The molecule has 3 N–H and O–H groups in total. The molecule has 0 amide bonds. The van der Waals surface area contributed by atoms with Crippen LogP contribution in [0.25, 0.3) is 0 Å². The van der Waals surface area contributed by atoms with Crippen molar-refractivity contribution in [2.75, 3.05) is 39.5 Å².